The first-order valence-corrected chi connectivity index (χ1v) is 8.68. The summed E-state index contributed by atoms with van der Waals surface area (Å²) in [5.41, 5.74) is 5.64. The van der Waals surface area contributed by atoms with Crippen LogP contribution in [0.4, 0.5) is 4.39 Å². The lowest BCUT2D eigenvalue weighted by atomic mass is 10.2. The van der Waals surface area contributed by atoms with Crippen molar-refractivity contribution in [2.75, 3.05) is 6.54 Å². The number of hydrogen-bond donors (Lipinski definition) is 1. The summed E-state index contributed by atoms with van der Waals surface area (Å²) in [5, 5.41) is 0. The number of nitrogens with two attached hydrogens (primary N) is 1. The van der Waals surface area contributed by atoms with Gasteiger partial charge in [-0.1, -0.05) is 22.9 Å². The maximum Gasteiger partial charge on any atom is 0.246 e. The smallest absolute Gasteiger partial charge is 0.246 e. The highest BCUT2D eigenvalue weighted by Gasteiger charge is 2.30. The first kappa shape index (κ1) is 17.6. The van der Waals surface area contributed by atoms with Crippen LogP contribution < -0.4 is 5.73 Å². The Labute approximate surface area is 128 Å². The van der Waals surface area contributed by atoms with Gasteiger partial charge in [-0.15, -0.1) is 0 Å². The van der Waals surface area contributed by atoms with Gasteiger partial charge in [-0.05, 0) is 32.4 Å². The van der Waals surface area contributed by atoms with E-state index >= 15 is 0 Å². The fraction of sp³-hybridized carbons (Fsp3) is 0.538. The van der Waals surface area contributed by atoms with Crippen molar-refractivity contribution in [1.82, 2.24) is 4.31 Å². The topological polar surface area (TPSA) is 63.4 Å². The lowest BCUT2D eigenvalue weighted by molar-refractivity contribution is 0.352. The van der Waals surface area contributed by atoms with Crippen LogP contribution in [0.5, 0.6) is 0 Å². The summed E-state index contributed by atoms with van der Waals surface area (Å²) in [5.74, 6) is -0.766. The molecule has 0 aliphatic rings. The number of sulfonamides is 1. The Morgan fingerprint density at radius 3 is 2.45 bits per heavy atom. The largest absolute Gasteiger partial charge is 0.326 e. The molecule has 2 N–H and O–H groups in total. The van der Waals surface area contributed by atoms with Crippen molar-refractivity contribution in [1.29, 1.82) is 0 Å². The van der Waals surface area contributed by atoms with E-state index in [1.165, 1.54) is 16.4 Å². The number of halogens is 2. The summed E-state index contributed by atoms with van der Waals surface area (Å²) in [6, 6.07) is 2.54. The molecule has 0 aromatic heterocycles. The second-order valence-electron chi connectivity index (χ2n) is 4.79. The van der Waals surface area contributed by atoms with Crippen LogP contribution in [0.1, 0.15) is 32.8 Å². The van der Waals surface area contributed by atoms with Gasteiger partial charge in [-0.25, -0.2) is 12.8 Å². The van der Waals surface area contributed by atoms with Crippen molar-refractivity contribution >= 4 is 26.0 Å². The molecule has 0 bridgehead atoms. The van der Waals surface area contributed by atoms with Crippen molar-refractivity contribution in [2.45, 2.75) is 44.7 Å². The second-order valence-corrected chi connectivity index (χ2v) is 7.57. The SMILES string of the molecule is CCCN(C(C)C)S(=O)(=O)c1cc(Br)cc(CN)c1F. The van der Waals surface area contributed by atoms with Crippen LogP contribution >= 0.6 is 15.9 Å². The Morgan fingerprint density at radius 2 is 2.00 bits per heavy atom. The van der Waals surface area contributed by atoms with Crippen molar-refractivity contribution in [2.24, 2.45) is 5.73 Å². The third-order valence-corrected chi connectivity index (χ3v) is 5.44. The van der Waals surface area contributed by atoms with Crippen LogP contribution in [-0.4, -0.2) is 25.3 Å². The Bertz CT molecular complexity index is 576. The summed E-state index contributed by atoms with van der Waals surface area (Å²) in [7, 11) is -3.88. The van der Waals surface area contributed by atoms with Gasteiger partial charge in [0.05, 0.1) is 0 Å². The first-order valence-electron chi connectivity index (χ1n) is 6.45. The molecule has 0 aliphatic heterocycles. The average molecular weight is 367 g/mol. The maximum absolute atomic E-state index is 14.3. The summed E-state index contributed by atoms with van der Waals surface area (Å²) >= 11 is 3.20. The van der Waals surface area contributed by atoms with Crippen LogP contribution in [0, 0.1) is 5.82 Å². The molecule has 0 unspecified atom stereocenters. The summed E-state index contributed by atoms with van der Waals surface area (Å²) in [4.78, 5) is -0.325. The minimum Gasteiger partial charge on any atom is -0.326 e. The first-order chi connectivity index (χ1) is 9.25. The number of nitrogens with zero attached hydrogens (tertiary/aromatic N) is 1. The van der Waals surface area contributed by atoms with E-state index in [1.54, 1.807) is 13.8 Å². The average Bonchev–Trinajstić information content (AvgIpc) is 2.37. The quantitative estimate of drug-likeness (QED) is 0.841. The Hall–Kier alpha value is -0.500. The molecule has 1 aromatic carbocycles. The number of hydrogen-bond acceptors (Lipinski definition) is 3. The van der Waals surface area contributed by atoms with Crippen LogP contribution in [-0.2, 0) is 16.6 Å². The van der Waals surface area contributed by atoms with E-state index in [9.17, 15) is 12.8 Å². The highest BCUT2D eigenvalue weighted by molar-refractivity contribution is 9.10. The molecule has 4 nitrogen and oxygen atoms in total. The van der Waals surface area contributed by atoms with Gasteiger partial charge in [0.15, 0.2) is 0 Å². The van der Waals surface area contributed by atoms with Crippen molar-refractivity contribution in [3.63, 3.8) is 0 Å². The van der Waals surface area contributed by atoms with Gasteiger partial charge in [0.2, 0.25) is 10.0 Å². The van der Waals surface area contributed by atoms with Gasteiger partial charge < -0.3 is 5.73 Å². The van der Waals surface area contributed by atoms with Gasteiger partial charge in [-0.2, -0.15) is 4.31 Å². The maximum atomic E-state index is 14.3. The van der Waals surface area contributed by atoms with Gasteiger partial charge in [0, 0.05) is 29.2 Å². The van der Waals surface area contributed by atoms with Gasteiger partial charge in [0.25, 0.3) is 0 Å². The molecule has 0 amide bonds. The van der Waals surface area contributed by atoms with Crippen LogP contribution in [0.15, 0.2) is 21.5 Å². The molecule has 0 radical (unpaired) electrons. The predicted molar refractivity (Wildman–Crippen MR) is 81.3 cm³/mol. The molecular weight excluding hydrogens is 347 g/mol. The molecule has 1 aromatic rings. The van der Waals surface area contributed by atoms with Crippen LogP contribution in [0.25, 0.3) is 0 Å². The molecule has 20 heavy (non-hydrogen) atoms. The minimum absolute atomic E-state index is 0.0523. The van der Waals surface area contributed by atoms with E-state index in [0.29, 0.717) is 17.4 Å². The van der Waals surface area contributed by atoms with Gasteiger partial charge in [-0.3, -0.25) is 0 Å². The van der Waals surface area contributed by atoms with Gasteiger partial charge >= 0.3 is 0 Å². The number of rotatable bonds is 6. The van der Waals surface area contributed by atoms with Crippen molar-refractivity contribution < 1.29 is 12.8 Å². The standard InChI is InChI=1S/C13H20BrFN2O2S/c1-4-5-17(9(2)3)20(18,19)12-7-11(14)6-10(8-16)13(12)15/h6-7,9H,4-5,8,16H2,1-3H3. The van der Waals surface area contributed by atoms with Crippen LogP contribution in [0.3, 0.4) is 0 Å². The molecule has 7 heteroatoms. The molecular formula is C13H20BrFN2O2S. The lowest BCUT2D eigenvalue weighted by Crippen LogP contribution is -2.38. The molecule has 114 valence electrons. The lowest BCUT2D eigenvalue weighted by Gasteiger charge is -2.26. The Balaban J connectivity index is 3.45. The van der Waals surface area contributed by atoms with E-state index in [4.69, 9.17) is 5.73 Å². The number of benzene rings is 1. The van der Waals surface area contributed by atoms with E-state index < -0.39 is 15.8 Å². The fourth-order valence-electron chi connectivity index (χ4n) is 1.96. The van der Waals surface area contributed by atoms with Gasteiger partial charge in [0.1, 0.15) is 10.7 Å². The highest BCUT2D eigenvalue weighted by atomic mass is 79.9. The zero-order chi connectivity index (χ0) is 15.5. The third kappa shape index (κ3) is 3.58. The predicted octanol–water partition coefficient (Wildman–Crippen LogP) is 2.86. The molecule has 0 atom stereocenters. The molecule has 0 fully saturated rings. The fourth-order valence-corrected chi connectivity index (χ4v) is 4.48. The van der Waals surface area contributed by atoms with Crippen molar-refractivity contribution in [3.8, 4) is 0 Å². The summed E-state index contributed by atoms with van der Waals surface area (Å²) < 4.78 is 41.4. The zero-order valence-electron chi connectivity index (χ0n) is 11.9. The summed E-state index contributed by atoms with van der Waals surface area (Å²) in [6.45, 7) is 5.72. The van der Waals surface area contributed by atoms with E-state index in [-0.39, 0.29) is 23.0 Å². The Kier molecular flexibility index (Phi) is 6.12. The molecule has 0 aliphatic carbocycles. The van der Waals surface area contributed by atoms with E-state index in [0.717, 1.165) is 0 Å². The molecule has 1 rings (SSSR count). The summed E-state index contributed by atoms with van der Waals surface area (Å²) in [6.07, 6.45) is 0.663. The molecule has 0 saturated carbocycles. The normalized spacial score (nSPS) is 12.4. The molecule has 0 heterocycles. The van der Waals surface area contributed by atoms with E-state index in [1.807, 2.05) is 6.92 Å². The zero-order valence-corrected chi connectivity index (χ0v) is 14.3. The molecule has 0 saturated heterocycles. The van der Waals surface area contributed by atoms with Crippen molar-refractivity contribution in [3.05, 3.63) is 28.0 Å². The Morgan fingerprint density at radius 1 is 1.40 bits per heavy atom. The van der Waals surface area contributed by atoms with Crippen LogP contribution in [0.2, 0.25) is 0 Å². The monoisotopic (exact) mass is 366 g/mol. The van der Waals surface area contributed by atoms with E-state index in [2.05, 4.69) is 15.9 Å². The minimum atomic E-state index is -3.88. The third-order valence-electron chi connectivity index (χ3n) is 2.91. The molecule has 0 spiro atoms. The highest BCUT2D eigenvalue weighted by Crippen LogP contribution is 2.27. The second kappa shape index (κ2) is 6.98.